The molecule has 1 aromatic carbocycles. The van der Waals surface area contributed by atoms with Crippen LogP contribution in [0, 0.1) is 0 Å². The molecule has 2 rings (SSSR count). The number of thiophene rings is 1. The quantitative estimate of drug-likeness (QED) is 0.689. The number of carbonyl (C=O) groups is 1. The molecular weight excluding hydrogens is 415 g/mol. The summed E-state index contributed by atoms with van der Waals surface area (Å²) in [7, 11) is -3.93. The summed E-state index contributed by atoms with van der Waals surface area (Å²) in [5.74, 6) is -0.450. The molecule has 0 saturated carbocycles. The molecule has 10 heteroatoms. The Morgan fingerprint density at radius 3 is 2.21 bits per heavy atom. The Balaban J connectivity index is 1.95. The number of hydrogen-bond donors (Lipinski definition) is 1. The van der Waals surface area contributed by atoms with Crippen molar-refractivity contribution < 1.29 is 31.1 Å². The second-order valence-electron chi connectivity index (χ2n) is 6.94. The molecule has 0 atom stereocenters. The van der Waals surface area contributed by atoms with E-state index < -0.39 is 33.3 Å². The van der Waals surface area contributed by atoms with Crippen LogP contribution in [0.4, 0.5) is 13.2 Å². The molecule has 154 valence electrons. The number of hydrogen-bond acceptors (Lipinski definition) is 5. The molecule has 0 aliphatic carbocycles. The second-order valence-corrected chi connectivity index (χ2v) is 9.87. The molecule has 1 aromatic heterocycles. The Labute approximate surface area is 165 Å². The standard InChI is InChI=1S/C18H20F3NO4S2/c1-17(2,3)26-16(23)15-9-6-13(27-15)10-11-22-28(24,25)14-7-4-12(5-8-14)18(19,20)21/h4-9,22H,10-11H2,1-3H3. The van der Waals surface area contributed by atoms with Gasteiger partial charge < -0.3 is 4.74 Å². The average Bonchev–Trinajstić information content (AvgIpc) is 3.01. The number of halogens is 3. The molecule has 1 heterocycles. The molecule has 0 aliphatic rings. The number of ether oxygens (including phenoxy) is 1. The van der Waals surface area contributed by atoms with E-state index in [9.17, 15) is 26.4 Å². The highest BCUT2D eigenvalue weighted by molar-refractivity contribution is 7.89. The van der Waals surface area contributed by atoms with E-state index in [1.165, 1.54) is 11.3 Å². The van der Waals surface area contributed by atoms with Crippen LogP contribution in [-0.4, -0.2) is 26.5 Å². The maximum atomic E-state index is 12.6. The fourth-order valence-electron chi connectivity index (χ4n) is 2.17. The highest BCUT2D eigenvalue weighted by Crippen LogP contribution is 2.29. The number of rotatable bonds is 6. The van der Waals surface area contributed by atoms with Gasteiger partial charge in [-0.15, -0.1) is 11.3 Å². The van der Waals surface area contributed by atoms with Crippen molar-refractivity contribution in [2.24, 2.45) is 0 Å². The van der Waals surface area contributed by atoms with Crippen molar-refractivity contribution >= 4 is 27.3 Å². The Kier molecular flexibility index (Phi) is 6.57. The summed E-state index contributed by atoms with van der Waals surface area (Å²) >= 11 is 1.20. The van der Waals surface area contributed by atoms with Gasteiger partial charge in [0.1, 0.15) is 10.5 Å². The summed E-state index contributed by atoms with van der Waals surface area (Å²) in [5.41, 5.74) is -1.53. The van der Waals surface area contributed by atoms with E-state index in [1.807, 2.05) is 0 Å². The first-order valence-electron chi connectivity index (χ1n) is 8.27. The van der Waals surface area contributed by atoms with Crippen LogP contribution < -0.4 is 4.72 Å². The molecule has 0 saturated heterocycles. The summed E-state index contributed by atoms with van der Waals surface area (Å²) in [6, 6.07) is 6.59. The maximum absolute atomic E-state index is 12.6. The SMILES string of the molecule is CC(C)(C)OC(=O)c1ccc(CCNS(=O)(=O)c2ccc(C(F)(F)F)cc2)s1. The lowest BCUT2D eigenvalue weighted by molar-refractivity contribution is -0.137. The number of nitrogens with one attached hydrogen (secondary N) is 1. The molecule has 2 aromatic rings. The molecule has 0 fully saturated rings. The predicted octanol–water partition coefficient (Wildman–Crippen LogP) is 4.24. The molecule has 0 amide bonds. The zero-order valence-corrected chi connectivity index (χ0v) is 17.1. The maximum Gasteiger partial charge on any atom is 0.416 e. The van der Waals surface area contributed by atoms with E-state index >= 15 is 0 Å². The summed E-state index contributed by atoms with van der Waals surface area (Å²) in [4.78, 5) is 12.9. The van der Waals surface area contributed by atoms with E-state index in [-0.39, 0.29) is 11.4 Å². The van der Waals surface area contributed by atoms with E-state index in [0.717, 1.165) is 29.1 Å². The van der Waals surface area contributed by atoms with Gasteiger partial charge in [-0.1, -0.05) is 0 Å². The normalized spacial score (nSPS) is 12.8. The van der Waals surface area contributed by atoms with Gasteiger partial charge in [0.2, 0.25) is 10.0 Å². The van der Waals surface area contributed by atoms with Crippen LogP contribution in [0.25, 0.3) is 0 Å². The summed E-state index contributed by atoms with van der Waals surface area (Å²) in [5, 5.41) is 0. The van der Waals surface area contributed by atoms with Crippen LogP contribution in [0.3, 0.4) is 0 Å². The number of alkyl halides is 3. The van der Waals surface area contributed by atoms with Gasteiger partial charge >= 0.3 is 12.1 Å². The van der Waals surface area contributed by atoms with Crippen LogP contribution in [0.5, 0.6) is 0 Å². The zero-order chi connectivity index (χ0) is 21.2. The minimum Gasteiger partial charge on any atom is -0.456 e. The lowest BCUT2D eigenvalue weighted by Crippen LogP contribution is -2.26. The number of carbonyl (C=O) groups excluding carboxylic acids is 1. The van der Waals surface area contributed by atoms with Crippen molar-refractivity contribution in [3.8, 4) is 0 Å². The number of esters is 1. The lowest BCUT2D eigenvalue weighted by Gasteiger charge is -2.18. The van der Waals surface area contributed by atoms with Gasteiger partial charge in [0.05, 0.1) is 10.5 Å². The predicted molar refractivity (Wildman–Crippen MR) is 99.8 cm³/mol. The van der Waals surface area contributed by atoms with E-state index in [4.69, 9.17) is 4.74 Å². The fourth-order valence-corrected chi connectivity index (χ4v) is 4.08. The average molecular weight is 435 g/mol. The first-order valence-corrected chi connectivity index (χ1v) is 10.6. The molecular formula is C18H20F3NO4S2. The fraction of sp³-hybridized carbons (Fsp3) is 0.389. The van der Waals surface area contributed by atoms with Gasteiger partial charge in [-0.2, -0.15) is 13.2 Å². The Morgan fingerprint density at radius 2 is 1.68 bits per heavy atom. The highest BCUT2D eigenvalue weighted by Gasteiger charge is 2.30. The Hall–Kier alpha value is -1.91. The molecule has 0 radical (unpaired) electrons. The summed E-state index contributed by atoms with van der Waals surface area (Å²) in [6.45, 7) is 5.32. The topological polar surface area (TPSA) is 72.5 Å². The number of benzene rings is 1. The third-order valence-electron chi connectivity index (χ3n) is 3.42. The van der Waals surface area contributed by atoms with Crippen molar-refractivity contribution in [2.75, 3.05) is 6.54 Å². The van der Waals surface area contributed by atoms with Crippen LogP contribution in [0.15, 0.2) is 41.3 Å². The minimum atomic E-state index is -4.53. The van der Waals surface area contributed by atoms with Crippen LogP contribution in [0.2, 0.25) is 0 Å². The van der Waals surface area contributed by atoms with Crippen LogP contribution in [0.1, 0.15) is 40.9 Å². The Morgan fingerprint density at radius 1 is 1.07 bits per heavy atom. The van der Waals surface area contributed by atoms with Crippen molar-refractivity contribution in [1.82, 2.24) is 4.72 Å². The molecule has 1 N–H and O–H groups in total. The van der Waals surface area contributed by atoms with E-state index in [2.05, 4.69) is 4.72 Å². The van der Waals surface area contributed by atoms with E-state index in [0.29, 0.717) is 11.3 Å². The van der Waals surface area contributed by atoms with Crippen molar-refractivity contribution in [1.29, 1.82) is 0 Å². The van der Waals surface area contributed by atoms with Crippen LogP contribution in [-0.2, 0) is 27.4 Å². The molecule has 28 heavy (non-hydrogen) atoms. The van der Waals surface area contributed by atoms with E-state index in [1.54, 1.807) is 32.9 Å². The van der Waals surface area contributed by atoms with Gasteiger partial charge in [-0.05, 0) is 63.6 Å². The zero-order valence-electron chi connectivity index (χ0n) is 15.5. The number of sulfonamides is 1. The molecule has 0 unspecified atom stereocenters. The highest BCUT2D eigenvalue weighted by atomic mass is 32.2. The molecule has 0 aliphatic heterocycles. The monoisotopic (exact) mass is 435 g/mol. The lowest BCUT2D eigenvalue weighted by atomic mass is 10.2. The molecule has 0 bridgehead atoms. The third kappa shape index (κ3) is 6.32. The van der Waals surface area contributed by atoms with Crippen molar-refractivity contribution in [3.05, 3.63) is 51.7 Å². The third-order valence-corrected chi connectivity index (χ3v) is 6.02. The van der Waals surface area contributed by atoms with Crippen molar-refractivity contribution in [2.45, 2.75) is 43.9 Å². The Bertz CT molecular complexity index is 927. The van der Waals surface area contributed by atoms with Gasteiger partial charge in [-0.3, -0.25) is 0 Å². The van der Waals surface area contributed by atoms with Crippen LogP contribution >= 0.6 is 11.3 Å². The summed E-state index contributed by atoms with van der Waals surface area (Å²) in [6.07, 6.45) is -4.20. The first kappa shape index (κ1) is 22.4. The largest absolute Gasteiger partial charge is 0.456 e. The van der Waals surface area contributed by atoms with Gasteiger partial charge in [0.25, 0.3) is 0 Å². The van der Waals surface area contributed by atoms with Gasteiger partial charge in [-0.25, -0.2) is 17.9 Å². The molecule has 0 spiro atoms. The van der Waals surface area contributed by atoms with Crippen molar-refractivity contribution in [3.63, 3.8) is 0 Å². The molecule has 5 nitrogen and oxygen atoms in total. The van der Waals surface area contributed by atoms with Gasteiger partial charge in [0, 0.05) is 11.4 Å². The smallest absolute Gasteiger partial charge is 0.416 e. The minimum absolute atomic E-state index is 0.0393. The van der Waals surface area contributed by atoms with Gasteiger partial charge in [0.15, 0.2) is 0 Å². The summed E-state index contributed by atoms with van der Waals surface area (Å²) < 4.78 is 69.7. The second kappa shape index (κ2) is 8.22. The first-order chi connectivity index (χ1) is 12.8.